The van der Waals surface area contributed by atoms with E-state index >= 15 is 0 Å². The highest BCUT2D eigenvalue weighted by molar-refractivity contribution is 4.84. The number of rotatable bonds is 0. The van der Waals surface area contributed by atoms with Crippen molar-refractivity contribution in [1.29, 1.82) is 0 Å². The van der Waals surface area contributed by atoms with Gasteiger partial charge in [-0.25, -0.2) is 0 Å². The highest BCUT2D eigenvalue weighted by atomic mass is 19.4. The van der Waals surface area contributed by atoms with Crippen molar-refractivity contribution >= 4 is 0 Å². The molecule has 0 amide bonds. The van der Waals surface area contributed by atoms with Gasteiger partial charge in [0.15, 0.2) is 0 Å². The fourth-order valence-corrected chi connectivity index (χ4v) is 1.45. The Hall–Kier alpha value is -0.290. The maximum absolute atomic E-state index is 12.2. The number of hydrogen-bond acceptors (Lipinski definition) is 2. The van der Waals surface area contributed by atoms with E-state index in [0.717, 1.165) is 0 Å². The van der Waals surface area contributed by atoms with E-state index in [4.69, 9.17) is 5.11 Å². The molecule has 1 aliphatic rings. The first kappa shape index (κ1) is 9.80. The minimum absolute atomic E-state index is 0.194. The number of halogens is 3. The number of hydrogen-bond donors (Lipinski definition) is 1. The predicted molar refractivity (Wildman–Crippen MR) is 37.7 cm³/mol. The Morgan fingerprint density at radius 1 is 1.42 bits per heavy atom. The van der Waals surface area contributed by atoms with Gasteiger partial charge in [-0.15, -0.1) is 0 Å². The maximum atomic E-state index is 12.2. The van der Waals surface area contributed by atoms with Gasteiger partial charge < -0.3 is 5.11 Å². The Labute approximate surface area is 69.0 Å². The van der Waals surface area contributed by atoms with Crippen molar-refractivity contribution in [3.63, 3.8) is 0 Å². The minimum atomic E-state index is -4.21. The molecule has 1 rings (SSSR count). The number of piperidine rings is 1. The first-order chi connectivity index (χ1) is 5.41. The van der Waals surface area contributed by atoms with E-state index in [-0.39, 0.29) is 6.42 Å². The van der Waals surface area contributed by atoms with E-state index in [1.54, 1.807) is 0 Å². The van der Waals surface area contributed by atoms with Crippen molar-refractivity contribution in [3.05, 3.63) is 0 Å². The van der Waals surface area contributed by atoms with Crippen molar-refractivity contribution in [3.8, 4) is 0 Å². The Morgan fingerprint density at radius 3 is 2.42 bits per heavy atom. The van der Waals surface area contributed by atoms with Gasteiger partial charge in [0.05, 0.1) is 6.10 Å². The highest BCUT2D eigenvalue weighted by Gasteiger charge is 2.44. The van der Waals surface area contributed by atoms with Crippen LogP contribution in [-0.2, 0) is 0 Å². The second-order valence-corrected chi connectivity index (χ2v) is 3.22. The molecule has 1 saturated heterocycles. The zero-order chi connectivity index (χ0) is 9.35. The molecule has 2 atom stereocenters. The Bertz CT molecular complexity index is 159. The Balaban J connectivity index is 2.61. The molecule has 1 heterocycles. The highest BCUT2D eigenvalue weighted by Crippen LogP contribution is 2.30. The summed E-state index contributed by atoms with van der Waals surface area (Å²) in [5.74, 6) is 0. The Kier molecular flexibility index (Phi) is 2.63. The van der Waals surface area contributed by atoms with Gasteiger partial charge in [-0.3, -0.25) is 4.90 Å². The van der Waals surface area contributed by atoms with E-state index in [1.165, 1.54) is 11.9 Å². The van der Waals surface area contributed by atoms with E-state index in [2.05, 4.69) is 0 Å². The van der Waals surface area contributed by atoms with Crippen LogP contribution in [0.4, 0.5) is 13.2 Å². The predicted octanol–water partition coefficient (Wildman–Crippen LogP) is 1.00. The molecule has 0 aromatic rings. The molecular weight excluding hydrogens is 171 g/mol. The molecule has 72 valence electrons. The zero-order valence-electron chi connectivity index (χ0n) is 6.80. The lowest BCUT2D eigenvalue weighted by atomic mass is 10.00. The van der Waals surface area contributed by atoms with Gasteiger partial charge in [-0.05, 0) is 19.9 Å². The van der Waals surface area contributed by atoms with Crippen LogP contribution in [0.5, 0.6) is 0 Å². The van der Waals surface area contributed by atoms with Crippen LogP contribution in [0.1, 0.15) is 12.8 Å². The van der Waals surface area contributed by atoms with Crippen molar-refractivity contribution in [2.75, 3.05) is 13.6 Å². The Morgan fingerprint density at radius 2 is 2.00 bits per heavy atom. The quantitative estimate of drug-likeness (QED) is 0.605. The molecule has 0 saturated carbocycles. The summed E-state index contributed by atoms with van der Waals surface area (Å²) in [7, 11) is 1.43. The molecule has 0 bridgehead atoms. The van der Waals surface area contributed by atoms with Crippen LogP contribution in [0.25, 0.3) is 0 Å². The van der Waals surface area contributed by atoms with Gasteiger partial charge in [0, 0.05) is 6.54 Å². The molecule has 0 radical (unpaired) electrons. The molecule has 0 unspecified atom stereocenters. The molecule has 5 heteroatoms. The number of likely N-dealkylation sites (tertiary alicyclic amines) is 1. The van der Waals surface area contributed by atoms with E-state index in [9.17, 15) is 13.2 Å². The number of aliphatic hydroxyl groups excluding tert-OH is 1. The van der Waals surface area contributed by atoms with Gasteiger partial charge >= 0.3 is 6.18 Å². The van der Waals surface area contributed by atoms with Crippen LogP contribution in [-0.4, -0.2) is 41.9 Å². The third kappa shape index (κ3) is 2.10. The van der Waals surface area contributed by atoms with Gasteiger partial charge in [0.2, 0.25) is 0 Å². The second-order valence-electron chi connectivity index (χ2n) is 3.22. The summed E-state index contributed by atoms with van der Waals surface area (Å²) >= 11 is 0. The van der Waals surface area contributed by atoms with E-state index < -0.39 is 18.3 Å². The molecule has 2 nitrogen and oxygen atoms in total. The third-order valence-corrected chi connectivity index (χ3v) is 2.22. The molecule has 0 aromatic carbocycles. The lowest BCUT2D eigenvalue weighted by Gasteiger charge is -2.36. The lowest BCUT2D eigenvalue weighted by molar-refractivity contribution is -0.195. The molecule has 0 aromatic heterocycles. The molecule has 0 spiro atoms. The summed E-state index contributed by atoms with van der Waals surface area (Å²) in [6.07, 6.45) is -4.77. The van der Waals surface area contributed by atoms with Crippen molar-refractivity contribution in [2.24, 2.45) is 0 Å². The molecule has 1 fully saturated rings. The average Bonchev–Trinajstić information content (AvgIpc) is 1.92. The smallest absolute Gasteiger partial charge is 0.393 e. The van der Waals surface area contributed by atoms with Gasteiger partial charge in [0.1, 0.15) is 6.04 Å². The zero-order valence-corrected chi connectivity index (χ0v) is 6.80. The van der Waals surface area contributed by atoms with Gasteiger partial charge in [-0.2, -0.15) is 13.2 Å². The van der Waals surface area contributed by atoms with Crippen LogP contribution in [0.15, 0.2) is 0 Å². The third-order valence-electron chi connectivity index (χ3n) is 2.22. The standard InChI is InChI=1S/C7H12F3NO/c1-11-3-2-5(12)4-6(11)7(8,9)10/h5-6,12H,2-4H2,1H3/t5-,6+/m0/s1. The summed E-state index contributed by atoms with van der Waals surface area (Å²) in [5.41, 5.74) is 0. The van der Waals surface area contributed by atoms with E-state index in [0.29, 0.717) is 13.0 Å². The van der Waals surface area contributed by atoms with Crippen LogP contribution in [0.2, 0.25) is 0 Å². The topological polar surface area (TPSA) is 23.5 Å². The lowest BCUT2D eigenvalue weighted by Crippen LogP contribution is -2.50. The number of alkyl halides is 3. The second kappa shape index (κ2) is 3.22. The van der Waals surface area contributed by atoms with Gasteiger partial charge in [-0.1, -0.05) is 0 Å². The van der Waals surface area contributed by atoms with Crippen molar-refractivity contribution in [2.45, 2.75) is 31.2 Å². The van der Waals surface area contributed by atoms with Crippen LogP contribution in [0.3, 0.4) is 0 Å². The summed E-state index contributed by atoms with van der Waals surface area (Å²) in [5, 5.41) is 9.03. The first-order valence-electron chi connectivity index (χ1n) is 3.86. The largest absolute Gasteiger partial charge is 0.404 e. The van der Waals surface area contributed by atoms with Crippen LogP contribution < -0.4 is 0 Å². The molecule has 12 heavy (non-hydrogen) atoms. The SMILES string of the molecule is CN1CC[C@H](O)C[C@@H]1C(F)(F)F. The monoisotopic (exact) mass is 183 g/mol. The fraction of sp³-hybridized carbons (Fsp3) is 1.00. The molecule has 1 N–H and O–H groups in total. The summed E-state index contributed by atoms with van der Waals surface area (Å²) < 4.78 is 36.6. The minimum Gasteiger partial charge on any atom is -0.393 e. The average molecular weight is 183 g/mol. The summed E-state index contributed by atoms with van der Waals surface area (Å²) in [6.45, 7) is 0.311. The molecule has 1 aliphatic heterocycles. The first-order valence-corrected chi connectivity index (χ1v) is 3.86. The van der Waals surface area contributed by atoms with Crippen molar-refractivity contribution < 1.29 is 18.3 Å². The van der Waals surface area contributed by atoms with E-state index in [1.807, 2.05) is 0 Å². The normalized spacial score (nSPS) is 33.8. The number of nitrogens with zero attached hydrogens (tertiary/aromatic N) is 1. The van der Waals surface area contributed by atoms with Crippen LogP contribution in [0, 0.1) is 0 Å². The van der Waals surface area contributed by atoms with Crippen LogP contribution >= 0.6 is 0 Å². The molecular formula is C7H12F3NO. The summed E-state index contributed by atoms with van der Waals surface area (Å²) in [6, 6.07) is -1.47. The number of aliphatic hydroxyl groups is 1. The molecule has 0 aliphatic carbocycles. The van der Waals surface area contributed by atoms with Crippen molar-refractivity contribution in [1.82, 2.24) is 4.90 Å². The van der Waals surface area contributed by atoms with Gasteiger partial charge in [0.25, 0.3) is 0 Å². The fourth-order valence-electron chi connectivity index (χ4n) is 1.45. The summed E-state index contributed by atoms with van der Waals surface area (Å²) in [4.78, 5) is 1.24. The maximum Gasteiger partial charge on any atom is 0.404 e.